The fourth-order valence-electron chi connectivity index (χ4n) is 12.7. The van der Waals surface area contributed by atoms with Crippen LogP contribution >= 0.6 is 0 Å². The lowest BCUT2D eigenvalue weighted by Gasteiger charge is -2.62. The zero-order valence-corrected chi connectivity index (χ0v) is 31.4. The number of nitrogens with zero attached hydrogens (tertiary/aromatic N) is 2. The van der Waals surface area contributed by atoms with Gasteiger partial charge in [-0.15, -0.1) is 0 Å². The number of ether oxygens (including phenoxy) is 3. The molecule has 2 aliphatic heterocycles. The lowest BCUT2D eigenvalue weighted by atomic mass is 9.44. The van der Waals surface area contributed by atoms with Crippen molar-refractivity contribution in [3.8, 4) is 0 Å². The molecule has 7 rings (SSSR count). The van der Waals surface area contributed by atoms with E-state index in [-0.39, 0.29) is 77.7 Å². The average Bonchev–Trinajstić information content (AvgIpc) is 3.64. The van der Waals surface area contributed by atoms with E-state index in [9.17, 15) is 23.5 Å². The molecule has 2 heterocycles. The number of halogens is 2. The molecule has 0 aromatic heterocycles. The van der Waals surface area contributed by atoms with Gasteiger partial charge in [0.05, 0.1) is 23.9 Å². The van der Waals surface area contributed by atoms with E-state index < -0.39 is 35.9 Å². The van der Waals surface area contributed by atoms with Crippen LogP contribution in [-0.2, 0) is 14.2 Å². The van der Waals surface area contributed by atoms with Crippen LogP contribution in [0.25, 0.3) is 0 Å². The highest BCUT2D eigenvalue weighted by Gasteiger charge is 2.83. The number of hydrogen-bond donors (Lipinski definition) is 2. The molecule has 0 aromatic carbocycles. The van der Waals surface area contributed by atoms with Crippen LogP contribution in [0.3, 0.4) is 0 Å². The molecular weight excluding hydrogens is 644 g/mol. The summed E-state index contributed by atoms with van der Waals surface area (Å²) in [5, 5.41) is 12.4. The molecule has 0 radical (unpaired) electrons. The lowest BCUT2D eigenvalue weighted by Crippen LogP contribution is -2.69. The number of aliphatic hydroxyl groups is 1. The Bertz CT molecular complexity index is 1320. The summed E-state index contributed by atoms with van der Waals surface area (Å²) in [5.74, 6) is -2.14. The summed E-state index contributed by atoms with van der Waals surface area (Å²) >= 11 is 0. The fourth-order valence-corrected chi connectivity index (χ4v) is 12.7. The van der Waals surface area contributed by atoms with Crippen molar-refractivity contribution in [1.29, 1.82) is 0 Å². The third-order valence-electron chi connectivity index (χ3n) is 15.7. The van der Waals surface area contributed by atoms with E-state index in [0.717, 1.165) is 77.3 Å². The second-order valence-electron chi connectivity index (χ2n) is 18.8. The van der Waals surface area contributed by atoms with Crippen molar-refractivity contribution < 1.29 is 37.7 Å². The number of aliphatic hydroxyl groups excluding tert-OH is 1. The summed E-state index contributed by atoms with van der Waals surface area (Å²) in [5.41, 5.74) is 6.45. The number of carbonyl (C=O) groups excluding carboxylic acids is 2. The largest absolute Gasteiger partial charge is 0.446 e. The predicted octanol–water partition coefficient (Wildman–Crippen LogP) is 7.13. The van der Waals surface area contributed by atoms with Crippen LogP contribution in [0, 0.1) is 39.4 Å². The number of likely N-dealkylation sites (tertiary alicyclic amines) is 2. The van der Waals surface area contributed by atoms with Crippen molar-refractivity contribution in [3.05, 3.63) is 0 Å². The first-order valence-corrected chi connectivity index (χ1v) is 19.9. The monoisotopic (exact) mass is 707 g/mol. The smallest absolute Gasteiger partial charge is 0.410 e. The van der Waals surface area contributed by atoms with Gasteiger partial charge in [0.2, 0.25) is 0 Å². The van der Waals surface area contributed by atoms with Gasteiger partial charge in [0.1, 0.15) is 12.2 Å². The number of hydrogen-bond acceptors (Lipinski definition) is 7. The summed E-state index contributed by atoms with van der Waals surface area (Å²) < 4.78 is 46.7. The Hall–Kier alpha value is -1.72. The Balaban J connectivity index is 1.07. The maximum absolute atomic E-state index is 13.8. The van der Waals surface area contributed by atoms with Crippen molar-refractivity contribution in [2.24, 2.45) is 45.1 Å². The van der Waals surface area contributed by atoms with E-state index in [2.05, 4.69) is 41.5 Å². The molecule has 2 spiro atoms. The van der Waals surface area contributed by atoms with E-state index in [1.54, 1.807) is 4.90 Å². The van der Waals surface area contributed by atoms with Gasteiger partial charge in [-0.1, -0.05) is 48.0 Å². The first-order chi connectivity index (χ1) is 23.4. The Labute approximate surface area is 297 Å². The van der Waals surface area contributed by atoms with Gasteiger partial charge < -0.3 is 34.9 Å². The third-order valence-corrected chi connectivity index (χ3v) is 15.7. The Kier molecular flexibility index (Phi) is 9.10. The molecule has 284 valence electrons. The number of amides is 2. The molecule has 9 nitrogen and oxygen atoms in total. The zero-order chi connectivity index (χ0) is 36.1. The molecule has 50 heavy (non-hydrogen) atoms. The summed E-state index contributed by atoms with van der Waals surface area (Å²) in [7, 11) is 0. The molecule has 11 heteroatoms. The molecule has 2 amide bonds. The SMILES string of the molecule is CCCC(OC1CC2(C)CCC34CC35CCC(OC(=O)N3CCC(F)(F)CC3)C(C)(C)C5CCC4C2(N)C1O)C(OC(=O)N1CCC1)C(C)C. The van der Waals surface area contributed by atoms with Gasteiger partial charge in [-0.05, 0) is 98.2 Å². The summed E-state index contributed by atoms with van der Waals surface area (Å²) in [6, 6.07) is 0. The van der Waals surface area contributed by atoms with Crippen molar-refractivity contribution in [2.45, 2.75) is 167 Å². The van der Waals surface area contributed by atoms with Crippen molar-refractivity contribution >= 4 is 12.2 Å². The van der Waals surface area contributed by atoms with Crippen LogP contribution in [0.5, 0.6) is 0 Å². The molecule has 5 aliphatic carbocycles. The van der Waals surface area contributed by atoms with E-state index in [4.69, 9.17) is 19.9 Å². The summed E-state index contributed by atoms with van der Waals surface area (Å²) in [6.07, 6.45) is 6.34. The number of carbonyl (C=O) groups is 2. The number of piperidine rings is 1. The van der Waals surface area contributed by atoms with Gasteiger partial charge in [0.15, 0.2) is 0 Å². The molecular formula is C39H63F2N3O6. The van der Waals surface area contributed by atoms with Gasteiger partial charge >= 0.3 is 12.2 Å². The average molecular weight is 708 g/mol. The maximum Gasteiger partial charge on any atom is 0.410 e. The summed E-state index contributed by atoms with van der Waals surface area (Å²) in [6.45, 7) is 14.5. The zero-order valence-electron chi connectivity index (χ0n) is 31.4. The number of rotatable bonds is 8. The number of nitrogens with two attached hydrogens (primary N) is 1. The van der Waals surface area contributed by atoms with E-state index in [1.807, 2.05) is 0 Å². The highest BCUT2D eigenvalue weighted by Crippen LogP contribution is 2.87. The van der Waals surface area contributed by atoms with Crippen LogP contribution in [0.1, 0.15) is 125 Å². The van der Waals surface area contributed by atoms with E-state index in [0.29, 0.717) is 12.3 Å². The minimum absolute atomic E-state index is 0.0304. The van der Waals surface area contributed by atoms with Gasteiger partial charge in [-0.2, -0.15) is 0 Å². The van der Waals surface area contributed by atoms with Gasteiger partial charge in [0, 0.05) is 44.4 Å². The molecule has 0 aromatic rings. The highest BCUT2D eigenvalue weighted by atomic mass is 19.3. The van der Waals surface area contributed by atoms with Crippen LogP contribution in [0.4, 0.5) is 18.4 Å². The molecule has 7 aliphatic rings. The van der Waals surface area contributed by atoms with Gasteiger partial charge in [-0.25, -0.2) is 18.4 Å². The van der Waals surface area contributed by atoms with Crippen LogP contribution in [0.2, 0.25) is 0 Å². The minimum atomic E-state index is -2.71. The molecule has 3 N–H and O–H groups in total. The van der Waals surface area contributed by atoms with Crippen molar-refractivity contribution in [1.82, 2.24) is 9.80 Å². The quantitative estimate of drug-likeness (QED) is 0.276. The molecule has 0 bridgehead atoms. The topological polar surface area (TPSA) is 115 Å². The molecule has 5 saturated carbocycles. The van der Waals surface area contributed by atoms with Crippen LogP contribution < -0.4 is 5.73 Å². The van der Waals surface area contributed by atoms with E-state index >= 15 is 0 Å². The van der Waals surface area contributed by atoms with Crippen molar-refractivity contribution in [3.63, 3.8) is 0 Å². The Morgan fingerprint density at radius 3 is 2.16 bits per heavy atom. The van der Waals surface area contributed by atoms with Crippen LogP contribution in [-0.4, -0.2) is 95.3 Å². The maximum atomic E-state index is 13.8. The Morgan fingerprint density at radius 1 is 0.900 bits per heavy atom. The Morgan fingerprint density at radius 2 is 1.54 bits per heavy atom. The first-order valence-electron chi connectivity index (χ1n) is 19.9. The molecule has 11 unspecified atom stereocenters. The highest BCUT2D eigenvalue weighted by molar-refractivity contribution is 5.69. The second kappa shape index (κ2) is 12.4. The third kappa shape index (κ3) is 5.42. The van der Waals surface area contributed by atoms with Gasteiger partial charge in [0.25, 0.3) is 5.92 Å². The molecule has 7 fully saturated rings. The van der Waals surface area contributed by atoms with Crippen LogP contribution in [0.15, 0.2) is 0 Å². The number of alkyl halides is 2. The first kappa shape index (κ1) is 36.6. The predicted molar refractivity (Wildman–Crippen MR) is 184 cm³/mol. The second-order valence-corrected chi connectivity index (χ2v) is 18.8. The van der Waals surface area contributed by atoms with E-state index in [1.165, 1.54) is 4.90 Å². The fraction of sp³-hybridized carbons (Fsp3) is 0.949. The molecule has 11 atom stereocenters. The lowest BCUT2D eigenvalue weighted by molar-refractivity contribution is -0.160. The normalized spacial score (nSPS) is 43.8. The number of fused-ring (bicyclic) bond motifs is 2. The standard InChI is InChI=1S/C39H63F2N3O6/c1-7-9-25(30(24(2)3)50-33(47)43-18-8-19-43)48-26-22-35(6)14-15-37-23-36(37)13-12-29(49-32(46)44-20-16-38(40,41)17-21-44)34(4,5)27(36)10-11-28(37)39(35,42)31(26)45/h24-31,45H,7-23,42H2,1-6H3. The summed E-state index contributed by atoms with van der Waals surface area (Å²) in [4.78, 5) is 29.3. The minimum Gasteiger partial charge on any atom is -0.446 e. The van der Waals surface area contributed by atoms with Crippen molar-refractivity contribution in [2.75, 3.05) is 26.2 Å². The van der Waals surface area contributed by atoms with Gasteiger partial charge in [-0.3, -0.25) is 0 Å². The molecule has 2 saturated heterocycles.